The van der Waals surface area contributed by atoms with E-state index in [4.69, 9.17) is 19.2 Å². The van der Waals surface area contributed by atoms with Crippen molar-refractivity contribution in [2.45, 2.75) is 157 Å². The van der Waals surface area contributed by atoms with E-state index in [1.807, 2.05) is 0 Å². The second kappa shape index (κ2) is 13.0. The third-order valence-electron chi connectivity index (χ3n) is 7.06. The maximum absolute atomic E-state index is 8.88. The number of benzene rings is 2. The molecule has 0 aromatic heterocycles. The van der Waals surface area contributed by atoms with E-state index in [2.05, 4.69) is 161 Å². The Labute approximate surface area is 253 Å². The zero-order chi connectivity index (χ0) is 33.2. The van der Waals surface area contributed by atoms with Crippen molar-refractivity contribution in [1.82, 2.24) is 0 Å². The van der Waals surface area contributed by atoms with Crippen molar-refractivity contribution in [3.05, 3.63) is 69.8 Å². The highest BCUT2D eigenvalue weighted by atomic mass is 31.2. The highest BCUT2D eigenvalue weighted by Gasteiger charge is 2.25. The van der Waals surface area contributed by atoms with Crippen molar-refractivity contribution in [3.8, 4) is 0 Å². The van der Waals surface area contributed by atoms with Crippen LogP contribution in [0.25, 0.3) is 0 Å². The summed E-state index contributed by atoms with van der Waals surface area (Å²) in [6, 6.07) is 14.3. The standard InChI is InChI=1S/2C18H30.H3O4P/c2*1-16(2,3)13-10-14(17(4,5)6)12-15(11-13)18(7,8)9;1-5(2,3)4/h2*10-12H,1-9H3;(H3,1,2,3,4). The maximum Gasteiger partial charge on any atom is 0.466 e. The topological polar surface area (TPSA) is 77.8 Å². The SMILES string of the molecule is CC(C)(C)c1cc(C(C)(C)C)cc(C(C)(C)C)c1.CC(C)(C)c1cc(C(C)(C)C)cc(C(C)(C)C)c1.O=P(O)(O)O. The number of hydrogen-bond acceptors (Lipinski definition) is 1. The summed E-state index contributed by atoms with van der Waals surface area (Å²) in [7, 11) is -4.64. The number of rotatable bonds is 0. The molecule has 2 aromatic carbocycles. The van der Waals surface area contributed by atoms with Crippen LogP contribution >= 0.6 is 7.82 Å². The van der Waals surface area contributed by atoms with E-state index in [0.29, 0.717) is 0 Å². The van der Waals surface area contributed by atoms with Gasteiger partial charge in [0, 0.05) is 0 Å². The smallest absolute Gasteiger partial charge is 0.303 e. The first-order valence-corrected chi connectivity index (χ1v) is 16.3. The van der Waals surface area contributed by atoms with E-state index in [1.165, 1.54) is 33.4 Å². The molecular weight excluding hydrogens is 527 g/mol. The molecule has 236 valence electrons. The fourth-order valence-electron chi connectivity index (χ4n) is 3.85. The van der Waals surface area contributed by atoms with E-state index in [9.17, 15) is 0 Å². The second-order valence-corrected chi connectivity index (χ2v) is 18.6. The Morgan fingerprint density at radius 1 is 0.341 bits per heavy atom. The third-order valence-corrected chi connectivity index (χ3v) is 7.06. The van der Waals surface area contributed by atoms with Gasteiger partial charge in [-0.2, -0.15) is 0 Å². The predicted octanol–water partition coefficient (Wildman–Crippen LogP) is 10.2. The molecule has 41 heavy (non-hydrogen) atoms. The Kier molecular flexibility index (Phi) is 12.6. The van der Waals surface area contributed by atoms with Crippen LogP contribution in [-0.4, -0.2) is 14.7 Å². The molecule has 0 atom stereocenters. The fourth-order valence-corrected chi connectivity index (χ4v) is 3.85. The van der Waals surface area contributed by atoms with Gasteiger partial charge in [-0.05, 0) is 65.9 Å². The number of phosphoric acid groups is 1. The van der Waals surface area contributed by atoms with E-state index in [1.54, 1.807) is 0 Å². The molecule has 2 rings (SSSR count). The van der Waals surface area contributed by atoms with Gasteiger partial charge < -0.3 is 14.7 Å². The van der Waals surface area contributed by atoms with Gasteiger partial charge in [-0.3, -0.25) is 0 Å². The van der Waals surface area contributed by atoms with E-state index >= 15 is 0 Å². The molecule has 0 unspecified atom stereocenters. The van der Waals surface area contributed by atoms with Gasteiger partial charge in [0.05, 0.1) is 0 Å². The summed E-state index contributed by atoms with van der Waals surface area (Å²) in [5.41, 5.74) is 9.92. The van der Waals surface area contributed by atoms with Crippen LogP contribution in [0.2, 0.25) is 0 Å². The molecule has 0 saturated heterocycles. The molecule has 4 nitrogen and oxygen atoms in total. The Hall–Kier alpha value is -1.45. The van der Waals surface area contributed by atoms with Crippen LogP contribution in [0.3, 0.4) is 0 Å². The van der Waals surface area contributed by atoms with Crippen LogP contribution in [-0.2, 0) is 37.1 Å². The van der Waals surface area contributed by atoms with Crippen LogP contribution in [0.15, 0.2) is 36.4 Å². The predicted molar refractivity (Wildman–Crippen MR) is 179 cm³/mol. The molecule has 0 fully saturated rings. The molecule has 2 aromatic rings. The summed E-state index contributed by atoms with van der Waals surface area (Å²) in [6.07, 6.45) is 0. The molecule has 0 aliphatic rings. The molecule has 0 radical (unpaired) electrons. The van der Waals surface area contributed by atoms with Gasteiger partial charge in [-0.1, -0.05) is 161 Å². The summed E-state index contributed by atoms with van der Waals surface area (Å²) in [4.78, 5) is 21.6. The molecule has 0 amide bonds. The van der Waals surface area contributed by atoms with Crippen molar-refractivity contribution in [1.29, 1.82) is 0 Å². The maximum atomic E-state index is 8.88. The van der Waals surface area contributed by atoms with Crippen molar-refractivity contribution < 1.29 is 19.2 Å². The van der Waals surface area contributed by atoms with Crippen molar-refractivity contribution >= 4 is 7.82 Å². The Bertz CT molecular complexity index is 925. The molecule has 0 bridgehead atoms. The zero-order valence-corrected chi connectivity index (χ0v) is 30.6. The molecular formula is C36H63O4P. The second-order valence-electron chi connectivity index (χ2n) is 17.6. The van der Waals surface area contributed by atoms with Gasteiger partial charge in [0.25, 0.3) is 0 Å². The average molecular weight is 591 g/mol. The lowest BCUT2D eigenvalue weighted by Crippen LogP contribution is -2.20. The minimum absolute atomic E-state index is 0.210. The van der Waals surface area contributed by atoms with Crippen LogP contribution in [0.5, 0.6) is 0 Å². The van der Waals surface area contributed by atoms with Gasteiger partial charge in [-0.15, -0.1) is 0 Å². The molecule has 0 aliphatic carbocycles. The van der Waals surface area contributed by atoms with Crippen LogP contribution in [0.4, 0.5) is 0 Å². The average Bonchev–Trinajstić information content (AvgIpc) is 2.68. The minimum atomic E-state index is -4.64. The lowest BCUT2D eigenvalue weighted by Gasteiger charge is -2.29. The van der Waals surface area contributed by atoms with E-state index < -0.39 is 7.82 Å². The Morgan fingerprint density at radius 3 is 0.463 bits per heavy atom. The quantitative estimate of drug-likeness (QED) is 0.267. The molecule has 5 heteroatoms. The van der Waals surface area contributed by atoms with Gasteiger partial charge in [0.15, 0.2) is 0 Å². The highest BCUT2D eigenvalue weighted by molar-refractivity contribution is 7.45. The summed E-state index contributed by atoms with van der Waals surface area (Å²) in [6.45, 7) is 41.3. The minimum Gasteiger partial charge on any atom is -0.303 e. The Balaban J connectivity index is 0.000000671. The monoisotopic (exact) mass is 590 g/mol. The summed E-state index contributed by atoms with van der Waals surface area (Å²) >= 11 is 0. The zero-order valence-electron chi connectivity index (χ0n) is 29.7. The van der Waals surface area contributed by atoms with Gasteiger partial charge in [-0.25, -0.2) is 4.57 Å². The summed E-state index contributed by atoms with van der Waals surface area (Å²) in [5.74, 6) is 0. The van der Waals surface area contributed by atoms with E-state index in [-0.39, 0.29) is 32.5 Å². The summed E-state index contributed by atoms with van der Waals surface area (Å²) in [5, 5.41) is 0. The first kappa shape index (κ1) is 39.5. The summed E-state index contributed by atoms with van der Waals surface area (Å²) < 4.78 is 8.88. The van der Waals surface area contributed by atoms with Crippen molar-refractivity contribution in [3.63, 3.8) is 0 Å². The molecule has 0 spiro atoms. The van der Waals surface area contributed by atoms with Crippen LogP contribution in [0.1, 0.15) is 158 Å². The Morgan fingerprint density at radius 2 is 0.415 bits per heavy atom. The van der Waals surface area contributed by atoms with Gasteiger partial charge in [0.2, 0.25) is 0 Å². The van der Waals surface area contributed by atoms with Crippen molar-refractivity contribution in [2.75, 3.05) is 0 Å². The first-order chi connectivity index (χ1) is 17.6. The number of hydrogen-bond donors (Lipinski definition) is 3. The van der Waals surface area contributed by atoms with Crippen LogP contribution < -0.4 is 0 Å². The lowest BCUT2D eigenvalue weighted by atomic mass is 9.75. The highest BCUT2D eigenvalue weighted by Crippen LogP contribution is 2.35. The molecule has 3 N–H and O–H groups in total. The van der Waals surface area contributed by atoms with Gasteiger partial charge in [0.1, 0.15) is 0 Å². The molecule has 0 aliphatic heterocycles. The van der Waals surface area contributed by atoms with Crippen molar-refractivity contribution in [2.24, 2.45) is 0 Å². The molecule has 0 saturated carbocycles. The first-order valence-electron chi connectivity index (χ1n) is 14.7. The van der Waals surface area contributed by atoms with Crippen LogP contribution in [0, 0.1) is 0 Å². The molecule has 0 heterocycles. The third kappa shape index (κ3) is 15.0. The normalized spacial score (nSPS) is 13.6. The van der Waals surface area contributed by atoms with E-state index in [0.717, 1.165) is 0 Å². The lowest BCUT2D eigenvalue weighted by molar-refractivity contribution is 0.275. The largest absolute Gasteiger partial charge is 0.466 e. The van der Waals surface area contributed by atoms with Gasteiger partial charge >= 0.3 is 7.82 Å². The fraction of sp³-hybridized carbons (Fsp3) is 0.667.